The summed E-state index contributed by atoms with van der Waals surface area (Å²) in [6.45, 7) is 3.38. The van der Waals surface area contributed by atoms with Gasteiger partial charge in [-0.25, -0.2) is 0 Å². The third-order valence-corrected chi connectivity index (χ3v) is 4.44. The molecule has 3 amide bonds. The van der Waals surface area contributed by atoms with E-state index in [1.165, 1.54) is 6.92 Å². The molecule has 0 fully saturated rings. The molecule has 1 heterocycles. The number of aryl methyl sites for hydroxylation is 1. The van der Waals surface area contributed by atoms with Gasteiger partial charge in [-0.05, 0) is 43.7 Å². The molecule has 1 unspecified atom stereocenters. The Morgan fingerprint density at radius 3 is 2.21 bits per heavy atom. The van der Waals surface area contributed by atoms with E-state index in [2.05, 4.69) is 5.32 Å². The summed E-state index contributed by atoms with van der Waals surface area (Å²) in [5.41, 5.74) is 2.04. The van der Waals surface area contributed by atoms with Gasteiger partial charge in [-0.3, -0.25) is 19.3 Å². The fraction of sp³-hybridized carbons (Fsp3) is 0.167. The molecule has 0 saturated heterocycles. The van der Waals surface area contributed by atoms with E-state index in [0.717, 1.165) is 10.5 Å². The second kappa shape index (κ2) is 6.09. The highest BCUT2D eigenvalue weighted by atomic mass is 35.5. The molecule has 2 aromatic carbocycles. The quantitative estimate of drug-likeness (QED) is 0.870. The third-order valence-electron chi connectivity index (χ3n) is 4.03. The standard InChI is InChI=1S/C18H15ClN2O3/c1-10-7-8-12(9-15(10)19)20-16(22)11(2)21-17(23)13-5-3-4-6-14(13)18(21)24/h3-9,11H,1-2H3,(H,20,22). The number of nitrogens with zero attached hydrogens (tertiary/aromatic N) is 1. The molecule has 5 nitrogen and oxygen atoms in total. The monoisotopic (exact) mass is 342 g/mol. The van der Waals surface area contributed by atoms with Gasteiger partial charge < -0.3 is 5.32 Å². The lowest BCUT2D eigenvalue weighted by Crippen LogP contribution is -2.45. The number of hydrogen-bond acceptors (Lipinski definition) is 3. The molecule has 122 valence electrons. The lowest BCUT2D eigenvalue weighted by Gasteiger charge is -2.21. The maximum atomic E-state index is 12.4. The van der Waals surface area contributed by atoms with Gasteiger partial charge in [-0.15, -0.1) is 0 Å². The second-order valence-electron chi connectivity index (χ2n) is 5.66. The molecule has 1 aliphatic heterocycles. The van der Waals surface area contributed by atoms with E-state index in [4.69, 9.17) is 11.6 Å². The molecule has 0 radical (unpaired) electrons. The van der Waals surface area contributed by atoms with E-state index < -0.39 is 23.8 Å². The fourth-order valence-electron chi connectivity index (χ4n) is 2.59. The Labute approximate surface area is 144 Å². The number of halogens is 1. The summed E-state index contributed by atoms with van der Waals surface area (Å²) in [6, 6.07) is 10.7. The van der Waals surface area contributed by atoms with E-state index in [0.29, 0.717) is 21.8 Å². The molecular formula is C18H15ClN2O3. The van der Waals surface area contributed by atoms with Crippen LogP contribution < -0.4 is 5.32 Å². The fourth-order valence-corrected chi connectivity index (χ4v) is 2.77. The molecule has 0 saturated carbocycles. The van der Waals surface area contributed by atoms with E-state index in [9.17, 15) is 14.4 Å². The smallest absolute Gasteiger partial charge is 0.262 e. The van der Waals surface area contributed by atoms with Crippen molar-refractivity contribution in [2.45, 2.75) is 19.9 Å². The van der Waals surface area contributed by atoms with Crippen LogP contribution in [0.25, 0.3) is 0 Å². The zero-order chi connectivity index (χ0) is 17.4. The van der Waals surface area contributed by atoms with Gasteiger partial charge in [-0.1, -0.05) is 29.8 Å². The highest BCUT2D eigenvalue weighted by Crippen LogP contribution is 2.25. The van der Waals surface area contributed by atoms with Crippen molar-refractivity contribution in [1.29, 1.82) is 0 Å². The van der Waals surface area contributed by atoms with Crippen molar-refractivity contribution in [2.24, 2.45) is 0 Å². The van der Waals surface area contributed by atoms with Gasteiger partial charge in [0.25, 0.3) is 11.8 Å². The highest BCUT2D eigenvalue weighted by Gasteiger charge is 2.40. The molecule has 3 rings (SSSR count). The summed E-state index contributed by atoms with van der Waals surface area (Å²) in [7, 11) is 0. The lowest BCUT2D eigenvalue weighted by atomic mass is 10.1. The average Bonchev–Trinajstić information content (AvgIpc) is 2.82. The lowest BCUT2D eigenvalue weighted by molar-refractivity contribution is -0.119. The van der Waals surface area contributed by atoms with Crippen LogP contribution in [-0.4, -0.2) is 28.7 Å². The van der Waals surface area contributed by atoms with Crippen LogP contribution >= 0.6 is 11.6 Å². The van der Waals surface area contributed by atoms with Crippen LogP contribution in [0.15, 0.2) is 42.5 Å². The Morgan fingerprint density at radius 1 is 1.08 bits per heavy atom. The van der Waals surface area contributed by atoms with Crippen LogP contribution in [0.4, 0.5) is 5.69 Å². The summed E-state index contributed by atoms with van der Waals surface area (Å²) in [5.74, 6) is -1.37. The molecule has 0 aliphatic carbocycles. The van der Waals surface area contributed by atoms with Gasteiger partial charge in [-0.2, -0.15) is 0 Å². The van der Waals surface area contributed by atoms with Gasteiger partial charge in [0.2, 0.25) is 5.91 Å². The van der Waals surface area contributed by atoms with Gasteiger partial charge in [0, 0.05) is 10.7 Å². The number of hydrogen-bond donors (Lipinski definition) is 1. The summed E-state index contributed by atoms with van der Waals surface area (Å²) >= 11 is 6.04. The highest BCUT2D eigenvalue weighted by molar-refractivity contribution is 6.31. The maximum absolute atomic E-state index is 12.4. The van der Waals surface area contributed by atoms with Crippen LogP contribution in [0, 0.1) is 6.92 Å². The molecule has 6 heteroatoms. The average molecular weight is 343 g/mol. The van der Waals surface area contributed by atoms with Crippen LogP contribution in [-0.2, 0) is 4.79 Å². The van der Waals surface area contributed by atoms with Crippen molar-refractivity contribution >= 4 is 35.0 Å². The molecule has 24 heavy (non-hydrogen) atoms. The van der Waals surface area contributed by atoms with Crippen LogP contribution in [0.5, 0.6) is 0 Å². The van der Waals surface area contributed by atoms with Crippen molar-refractivity contribution < 1.29 is 14.4 Å². The number of carbonyl (C=O) groups excluding carboxylic acids is 3. The van der Waals surface area contributed by atoms with E-state index in [-0.39, 0.29) is 0 Å². The Hall–Kier alpha value is -2.66. The number of carbonyl (C=O) groups is 3. The van der Waals surface area contributed by atoms with Crippen molar-refractivity contribution in [1.82, 2.24) is 4.90 Å². The summed E-state index contributed by atoms with van der Waals surface area (Å²) < 4.78 is 0. The Kier molecular flexibility index (Phi) is 4.11. The number of imide groups is 1. The third kappa shape index (κ3) is 2.67. The maximum Gasteiger partial charge on any atom is 0.262 e. The van der Waals surface area contributed by atoms with Crippen molar-refractivity contribution in [3.63, 3.8) is 0 Å². The van der Waals surface area contributed by atoms with E-state index >= 15 is 0 Å². The minimum Gasteiger partial charge on any atom is -0.324 e. The first-order chi connectivity index (χ1) is 11.4. The molecule has 1 aliphatic rings. The first kappa shape index (κ1) is 16.2. The van der Waals surface area contributed by atoms with Crippen molar-refractivity contribution in [2.75, 3.05) is 5.32 Å². The second-order valence-corrected chi connectivity index (χ2v) is 6.06. The van der Waals surface area contributed by atoms with Crippen molar-refractivity contribution in [3.05, 3.63) is 64.2 Å². The molecule has 0 spiro atoms. The number of anilines is 1. The number of nitrogens with one attached hydrogen (secondary N) is 1. The molecular weight excluding hydrogens is 328 g/mol. The van der Waals surface area contributed by atoms with Crippen LogP contribution in [0.2, 0.25) is 5.02 Å². The van der Waals surface area contributed by atoms with Gasteiger partial charge >= 0.3 is 0 Å². The van der Waals surface area contributed by atoms with Gasteiger partial charge in [0.1, 0.15) is 6.04 Å². The first-order valence-electron chi connectivity index (χ1n) is 7.44. The topological polar surface area (TPSA) is 66.5 Å². The number of amides is 3. The summed E-state index contributed by atoms with van der Waals surface area (Å²) in [4.78, 5) is 38.2. The zero-order valence-corrected chi connectivity index (χ0v) is 13.9. The first-order valence-corrected chi connectivity index (χ1v) is 7.82. The minimum absolute atomic E-state index is 0.320. The number of benzene rings is 2. The largest absolute Gasteiger partial charge is 0.324 e. The van der Waals surface area contributed by atoms with Crippen LogP contribution in [0.3, 0.4) is 0 Å². The van der Waals surface area contributed by atoms with E-state index in [1.54, 1.807) is 42.5 Å². The number of fused-ring (bicyclic) bond motifs is 1. The SMILES string of the molecule is Cc1ccc(NC(=O)C(C)N2C(=O)c3ccccc3C2=O)cc1Cl. The predicted octanol–water partition coefficient (Wildman–Crippen LogP) is 3.27. The Morgan fingerprint density at radius 2 is 1.67 bits per heavy atom. The molecule has 0 aromatic heterocycles. The normalized spacial score (nSPS) is 14.5. The molecule has 2 aromatic rings. The van der Waals surface area contributed by atoms with Gasteiger partial charge in [0.15, 0.2) is 0 Å². The Bertz CT molecular complexity index is 828. The summed E-state index contributed by atoms with van der Waals surface area (Å²) in [5, 5.41) is 3.21. The summed E-state index contributed by atoms with van der Waals surface area (Å²) in [6.07, 6.45) is 0. The molecule has 1 atom stereocenters. The van der Waals surface area contributed by atoms with Crippen LogP contribution in [0.1, 0.15) is 33.2 Å². The number of rotatable bonds is 3. The minimum atomic E-state index is -0.933. The Balaban J connectivity index is 1.80. The van der Waals surface area contributed by atoms with Gasteiger partial charge in [0.05, 0.1) is 11.1 Å². The molecule has 0 bridgehead atoms. The predicted molar refractivity (Wildman–Crippen MR) is 91.2 cm³/mol. The van der Waals surface area contributed by atoms with Crippen molar-refractivity contribution in [3.8, 4) is 0 Å². The van der Waals surface area contributed by atoms with E-state index in [1.807, 2.05) is 6.92 Å². The zero-order valence-electron chi connectivity index (χ0n) is 13.2. The molecule has 1 N–H and O–H groups in total.